The molecule has 1 saturated heterocycles. The highest BCUT2D eigenvalue weighted by Crippen LogP contribution is 2.29. The molecule has 2 amide bonds. The zero-order valence-corrected chi connectivity index (χ0v) is 17.2. The van der Waals surface area contributed by atoms with Crippen molar-refractivity contribution in [3.05, 3.63) is 29.3 Å². The van der Waals surface area contributed by atoms with Gasteiger partial charge in [-0.15, -0.1) is 10.2 Å². The fraction of sp³-hybridized carbons (Fsp3) is 0.444. The molecule has 1 atom stereocenters. The quantitative estimate of drug-likeness (QED) is 0.432. The molecule has 0 radical (unpaired) electrons. The SMILES string of the molecule is COCCSc1nnc(NC(=O)C2CC(=O)N(c3ccc(C)c(C)c3)C2)s1. The summed E-state index contributed by atoms with van der Waals surface area (Å²) in [5.41, 5.74) is 3.14. The predicted octanol–water partition coefficient (Wildman–Crippen LogP) is 2.89. The molecular weight excluding hydrogens is 384 g/mol. The summed E-state index contributed by atoms with van der Waals surface area (Å²) in [5, 5.41) is 11.3. The summed E-state index contributed by atoms with van der Waals surface area (Å²) in [6, 6.07) is 5.91. The van der Waals surface area contributed by atoms with E-state index in [4.69, 9.17) is 4.74 Å². The van der Waals surface area contributed by atoms with E-state index in [2.05, 4.69) is 15.5 Å². The van der Waals surface area contributed by atoms with Crippen molar-refractivity contribution in [3.63, 3.8) is 0 Å². The number of anilines is 2. The average molecular weight is 407 g/mol. The summed E-state index contributed by atoms with van der Waals surface area (Å²) in [5.74, 6) is 0.152. The number of nitrogens with zero attached hydrogens (tertiary/aromatic N) is 3. The number of hydrogen-bond donors (Lipinski definition) is 1. The minimum absolute atomic E-state index is 0.0357. The number of aryl methyl sites for hydroxylation is 2. The molecular formula is C18H22N4O3S2. The second kappa shape index (κ2) is 8.81. The smallest absolute Gasteiger partial charge is 0.231 e. The minimum Gasteiger partial charge on any atom is -0.384 e. The van der Waals surface area contributed by atoms with Crippen LogP contribution in [0, 0.1) is 19.8 Å². The van der Waals surface area contributed by atoms with Crippen LogP contribution >= 0.6 is 23.1 Å². The molecule has 1 aromatic heterocycles. The lowest BCUT2D eigenvalue weighted by atomic mass is 10.1. The zero-order chi connectivity index (χ0) is 19.4. The number of carbonyl (C=O) groups excluding carboxylic acids is 2. The second-order valence-corrected chi connectivity index (χ2v) is 8.70. The van der Waals surface area contributed by atoms with Crippen LogP contribution < -0.4 is 10.2 Å². The van der Waals surface area contributed by atoms with Gasteiger partial charge in [-0.1, -0.05) is 29.2 Å². The van der Waals surface area contributed by atoms with Gasteiger partial charge in [0.25, 0.3) is 0 Å². The normalized spacial score (nSPS) is 16.8. The molecule has 9 heteroatoms. The van der Waals surface area contributed by atoms with Crippen molar-refractivity contribution in [2.75, 3.05) is 36.2 Å². The van der Waals surface area contributed by atoms with Crippen LogP contribution in [-0.2, 0) is 14.3 Å². The maximum atomic E-state index is 12.5. The Labute approximate surface area is 166 Å². The molecule has 1 N–H and O–H groups in total. The summed E-state index contributed by atoms with van der Waals surface area (Å²) in [6.45, 7) is 5.05. The predicted molar refractivity (Wildman–Crippen MR) is 108 cm³/mol. The van der Waals surface area contributed by atoms with Gasteiger partial charge < -0.3 is 15.0 Å². The molecule has 27 heavy (non-hydrogen) atoms. The molecule has 3 rings (SSSR count). The Kier molecular flexibility index (Phi) is 6.46. The number of thioether (sulfide) groups is 1. The molecule has 1 aliphatic heterocycles. The summed E-state index contributed by atoms with van der Waals surface area (Å²) in [6.07, 6.45) is 0.201. The molecule has 2 aromatic rings. The van der Waals surface area contributed by atoms with Gasteiger partial charge in [-0.25, -0.2) is 0 Å². The largest absolute Gasteiger partial charge is 0.384 e. The number of benzene rings is 1. The van der Waals surface area contributed by atoms with Crippen LogP contribution in [0.2, 0.25) is 0 Å². The Hall–Kier alpha value is -1.97. The van der Waals surface area contributed by atoms with Crippen LogP contribution in [0.4, 0.5) is 10.8 Å². The number of nitrogens with one attached hydrogen (secondary N) is 1. The number of hydrogen-bond acceptors (Lipinski definition) is 7. The van der Waals surface area contributed by atoms with Gasteiger partial charge in [-0.3, -0.25) is 9.59 Å². The number of rotatable bonds is 7. The number of methoxy groups -OCH3 is 1. The first-order chi connectivity index (χ1) is 13.0. The highest BCUT2D eigenvalue weighted by Gasteiger charge is 2.35. The van der Waals surface area contributed by atoms with Crippen LogP contribution in [0.3, 0.4) is 0 Å². The van der Waals surface area contributed by atoms with Crippen molar-refractivity contribution >= 4 is 45.7 Å². The third-order valence-electron chi connectivity index (χ3n) is 4.45. The zero-order valence-electron chi connectivity index (χ0n) is 15.5. The molecule has 0 spiro atoms. The molecule has 0 bridgehead atoms. The highest BCUT2D eigenvalue weighted by atomic mass is 32.2. The first-order valence-electron chi connectivity index (χ1n) is 8.61. The van der Waals surface area contributed by atoms with Gasteiger partial charge in [0, 0.05) is 31.5 Å². The van der Waals surface area contributed by atoms with Crippen molar-refractivity contribution in [2.45, 2.75) is 24.6 Å². The standard InChI is InChI=1S/C18H22N4O3S2/c1-11-4-5-14(8-12(11)2)22-10-13(9-15(22)23)16(24)19-17-20-21-18(27-17)26-7-6-25-3/h4-5,8,13H,6-7,9-10H2,1-3H3,(H,19,20,24). The van der Waals surface area contributed by atoms with Gasteiger partial charge in [0.2, 0.25) is 16.9 Å². The third kappa shape index (κ3) is 4.85. The first kappa shape index (κ1) is 19.8. The maximum Gasteiger partial charge on any atom is 0.231 e. The van der Waals surface area contributed by atoms with Crippen molar-refractivity contribution < 1.29 is 14.3 Å². The lowest BCUT2D eigenvalue weighted by Crippen LogP contribution is -2.28. The van der Waals surface area contributed by atoms with Crippen LogP contribution in [0.15, 0.2) is 22.5 Å². The van der Waals surface area contributed by atoms with Gasteiger partial charge in [0.05, 0.1) is 12.5 Å². The van der Waals surface area contributed by atoms with E-state index in [0.717, 1.165) is 21.3 Å². The lowest BCUT2D eigenvalue weighted by Gasteiger charge is -2.17. The molecule has 144 valence electrons. The van der Waals surface area contributed by atoms with E-state index in [0.29, 0.717) is 18.3 Å². The van der Waals surface area contributed by atoms with Gasteiger partial charge in [-0.05, 0) is 37.1 Å². The molecule has 1 unspecified atom stereocenters. The Bertz CT molecular complexity index is 840. The van der Waals surface area contributed by atoms with Crippen molar-refractivity contribution in [1.29, 1.82) is 0 Å². The fourth-order valence-corrected chi connectivity index (χ4v) is 4.49. The second-order valence-electron chi connectivity index (χ2n) is 6.38. The number of amides is 2. The Morgan fingerprint density at radius 2 is 2.19 bits per heavy atom. The van der Waals surface area contributed by atoms with Crippen LogP contribution in [0.25, 0.3) is 0 Å². The molecule has 0 saturated carbocycles. The third-order valence-corrected chi connectivity index (χ3v) is 6.38. The van der Waals surface area contributed by atoms with Gasteiger partial charge >= 0.3 is 0 Å². The Morgan fingerprint density at radius 3 is 2.93 bits per heavy atom. The van der Waals surface area contributed by atoms with Crippen molar-refractivity contribution in [3.8, 4) is 0 Å². The molecule has 1 aromatic carbocycles. The number of aromatic nitrogens is 2. The molecule has 1 fully saturated rings. The first-order valence-corrected chi connectivity index (χ1v) is 10.4. The summed E-state index contributed by atoms with van der Waals surface area (Å²) in [4.78, 5) is 26.6. The maximum absolute atomic E-state index is 12.5. The Morgan fingerprint density at radius 1 is 1.37 bits per heavy atom. The minimum atomic E-state index is -0.396. The van der Waals surface area contributed by atoms with Crippen molar-refractivity contribution in [1.82, 2.24) is 10.2 Å². The topological polar surface area (TPSA) is 84.4 Å². The summed E-state index contributed by atoms with van der Waals surface area (Å²) >= 11 is 2.86. The lowest BCUT2D eigenvalue weighted by molar-refractivity contribution is -0.122. The van der Waals surface area contributed by atoms with Gasteiger partial charge in [-0.2, -0.15) is 0 Å². The average Bonchev–Trinajstić information content (AvgIpc) is 3.24. The molecule has 0 aliphatic carbocycles. The van der Waals surface area contributed by atoms with Gasteiger partial charge in [0.1, 0.15) is 0 Å². The highest BCUT2D eigenvalue weighted by molar-refractivity contribution is 8.01. The van der Waals surface area contributed by atoms with E-state index in [9.17, 15) is 9.59 Å². The van der Waals surface area contributed by atoms with E-state index in [1.165, 1.54) is 28.7 Å². The number of ether oxygens (including phenoxy) is 1. The molecule has 7 nitrogen and oxygen atoms in total. The molecule has 2 heterocycles. The monoisotopic (exact) mass is 406 g/mol. The summed E-state index contributed by atoms with van der Waals surface area (Å²) in [7, 11) is 1.65. The molecule has 1 aliphatic rings. The Balaban J connectivity index is 1.59. The van der Waals surface area contributed by atoms with E-state index in [-0.39, 0.29) is 18.2 Å². The fourth-order valence-electron chi connectivity index (χ4n) is 2.76. The van der Waals surface area contributed by atoms with Crippen LogP contribution in [0.5, 0.6) is 0 Å². The van der Waals surface area contributed by atoms with E-state index in [1.54, 1.807) is 12.0 Å². The van der Waals surface area contributed by atoms with Crippen molar-refractivity contribution in [2.24, 2.45) is 5.92 Å². The van der Waals surface area contributed by atoms with Crippen LogP contribution in [-0.4, -0.2) is 48.0 Å². The van der Waals surface area contributed by atoms with E-state index >= 15 is 0 Å². The van der Waals surface area contributed by atoms with E-state index < -0.39 is 5.92 Å². The van der Waals surface area contributed by atoms with Crippen LogP contribution in [0.1, 0.15) is 17.5 Å². The van der Waals surface area contributed by atoms with E-state index in [1.807, 2.05) is 32.0 Å². The number of carbonyl (C=O) groups is 2. The van der Waals surface area contributed by atoms with Gasteiger partial charge in [0.15, 0.2) is 4.34 Å². The summed E-state index contributed by atoms with van der Waals surface area (Å²) < 4.78 is 5.78.